The number of thiocarbonyl (C=S) groups is 1. The van der Waals surface area contributed by atoms with Crippen molar-refractivity contribution in [2.75, 3.05) is 11.9 Å². The normalized spacial score (nSPS) is 11.9. The van der Waals surface area contributed by atoms with E-state index in [1.165, 1.54) is 21.5 Å². The lowest BCUT2D eigenvalue weighted by molar-refractivity contribution is 0.446. The van der Waals surface area contributed by atoms with Gasteiger partial charge in [0.1, 0.15) is 0 Å². The number of aryl methyl sites for hydroxylation is 1. The van der Waals surface area contributed by atoms with Gasteiger partial charge in [-0.2, -0.15) is 5.26 Å². The highest BCUT2D eigenvalue weighted by Gasteiger charge is 2.21. The molecule has 0 spiro atoms. The summed E-state index contributed by atoms with van der Waals surface area (Å²) in [5, 5.41) is 10.0. The third kappa shape index (κ3) is 5.64. The molecule has 0 bridgehead atoms. The van der Waals surface area contributed by atoms with Gasteiger partial charge in [-0.3, -0.25) is 4.79 Å². The largest absolute Gasteiger partial charge is 0.344 e. The van der Waals surface area contributed by atoms with E-state index in [0.29, 0.717) is 0 Å². The minimum Gasteiger partial charge on any atom is -0.344 e. The molecule has 1 aromatic heterocycles. The maximum Gasteiger partial charge on any atom is 0.197 e. The lowest BCUT2D eigenvalue weighted by Crippen LogP contribution is -2.20. The zero-order valence-corrected chi connectivity index (χ0v) is 23.3. The molecule has 4 aromatic rings. The van der Waals surface area contributed by atoms with Gasteiger partial charge in [0.25, 0.3) is 0 Å². The number of nitriles is 1. The van der Waals surface area contributed by atoms with E-state index in [0.717, 1.165) is 46.8 Å². The first-order valence-corrected chi connectivity index (χ1v) is 13.0. The number of pyridine rings is 1. The van der Waals surface area contributed by atoms with E-state index >= 15 is 0 Å². The number of rotatable bonds is 2. The maximum atomic E-state index is 13.0. The van der Waals surface area contributed by atoms with Crippen molar-refractivity contribution in [2.45, 2.75) is 40.0 Å². The number of fused-ring (bicyclic) bond motifs is 4. The molecule has 3 aromatic carbocycles. The minimum absolute atomic E-state index is 0.102. The Hall–Kier alpha value is -3.14. The summed E-state index contributed by atoms with van der Waals surface area (Å²) < 4.78 is 3.41. The first-order chi connectivity index (χ1) is 17.2. The summed E-state index contributed by atoms with van der Waals surface area (Å²) in [7, 11) is 4.12. The van der Waals surface area contributed by atoms with Crippen molar-refractivity contribution in [1.29, 1.82) is 5.26 Å². The van der Waals surface area contributed by atoms with Gasteiger partial charge in [-0.25, -0.2) is 0 Å². The van der Waals surface area contributed by atoms with Crippen molar-refractivity contribution in [1.82, 2.24) is 4.57 Å². The monoisotopic (exact) mass is 515 g/mol. The molecular weight excluding hydrogens is 482 g/mol. The van der Waals surface area contributed by atoms with Gasteiger partial charge < -0.3 is 9.47 Å². The molecule has 0 amide bonds. The smallest absolute Gasteiger partial charge is 0.197 e. The second kappa shape index (κ2) is 11.7. The fourth-order valence-corrected chi connectivity index (χ4v) is 4.77. The Bertz CT molecular complexity index is 1500. The van der Waals surface area contributed by atoms with Crippen LogP contribution in [0.15, 0.2) is 65.5 Å². The molecular formula is C30H33N3OS2. The Morgan fingerprint density at radius 1 is 1.00 bits per heavy atom. The lowest BCUT2D eigenvalue weighted by atomic mass is 9.90. The molecule has 0 unspecified atom stereocenters. The number of anilines is 2. The van der Waals surface area contributed by atoms with Crippen LogP contribution in [0.2, 0.25) is 0 Å². The summed E-state index contributed by atoms with van der Waals surface area (Å²) in [6, 6.07) is 22.8. The summed E-state index contributed by atoms with van der Waals surface area (Å²) >= 11 is 7.61. The van der Waals surface area contributed by atoms with Gasteiger partial charge in [0.15, 0.2) is 5.43 Å². The maximum absolute atomic E-state index is 13.0. The molecule has 0 atom stereocenters. The molecule has 6 heteroatoms. The quantitative estimate of drug-likeness (QED) is 0.170. The van der Waals surface area contributed by atoms with Gasteiger partial charge >= 0.3 is 0 Å². The van der Waals surface area contributed by atoms with Crippen LogP contribution in [0, 0.1) is 16.7 Å². The molecule has 0 saturated heterocycles. The summed E-state index contributed by atoms with van der Waals surface area (Å²) in [4.78, 5) is 15.2. The van der Waals surface area contributed by atoms with Crippen LogP contribution < -0.4 is 10.3 Å². The number of thiol groups is 1. The summed E-state index contributed by atoms with van der Waals surface area (Å²) in [6.45, 7) is 6.03. The molecule has 0 N–H and O–H groups in total. The average Bonchev–Trinajstić information content (AvgIpc) is 2.88. The van der Waals surface area contributed by atoms with Gasteiger partial charge in [0.2, 0.25) is 0 Å². The van der Waals surface area contributed by atoms with Gasteiger partial charge in [-0.05, 0) is 61.7 Å². The van der Waals surface area contributed by atoms with E-state index in [4.69, 9.17) is 5.26 Å². The van der Waals surface area contributed by atoms with E-state index < -0.39 is 0 Å². The Morgan fingerprint density at radius 2 is 1.64 bits per heavy atom. The van der Waals surface area contributed by atoms with Crippen molar-refractivity contribution in [3.63, 3.8) is 0 Å². The van der Waals surface area contributed by atoms with Gasteiger partial charge in [-0.15, -0.1) is 12.6 Å². The number of hydrogen-bond acceptors (Lipinski definition) is 4. The minimum atomic E-state index is -0.102. The average molecular weight is 516 g/mol. The molecule has 0 aliphatic carbocycles. The molecule has 2 heterocycles. The van der Waals surface area contributed by atoms with Crippen LogP contribution in [0.3, 0.4) is 0 Å². The number of nitrogens with zero attached hydrogens (tertiary/aromatic N) is 3. The standard InChI is InChI=1S/C22H18N2O.C7H13N.CH2S2/c1-23-18-9-5-3-7-14(18)11-15-12-21-17(13-20(15)23)22(25)16-8-4-6-10-19(16)24(21)2;1-4-5-7(2,3)6-8;2-1-3/h3-10,12-13H,11H2,1-2H3;4-5H2,1-3H3;1H,(H,2,3). The van der Waals surface area contributed by atoms with Crippen molar-refractivity contribution < 1.29 is 0 Å². The molecule has 36 heavy (non-hydrogen) atoms. The van der Waals surface area contributed by atoms with Crippen molar-refractivity contribution in [3.05, 3.63) is 82.0 Å². The zero-order valence-electron chi connectivity index (χ0n) is 21.6. The zero-order chi connectivity index (χ0) is 26.5. The van der Waals surface area contributed by atoms with Gasteiger partial charge in [0, 0.05) is 47.4 Å². The molecule has 186 valence electrons. The van der Waals surface area contributed by atoms with E-state index in [-0.39, 0.29) is 10.8 Å². The summed E-state index contributed by atoms with van der Waals surface area (Å²) in [6.07, 6.45) is 3.00. The third-order valence-electron chi connectivity index (χ3n) is 6.59. The second-order valence-electron chi connectivity index (χ2n) is 9.62. The molecule has 0 saturated carbocycles. The van der Waals surface area contributed by atoms with Crippen LogP contribution >= 0.6 is 24.8 Å². The Morgan fingerprint density at radius 3 is 2.28 bits per heavy atom. The fourth-order valence-electron chi connectivity index (χ4n) is 4.77. The molecule has 5 rings (SSSR count). The van der Waals surface area contributed by atoms with E-state index in [1.54, 1.807) is 0 Å². The summed E-state index contributed by atoms with van der Waals surface area (Å²) in [5.74, 6) is 0. The molecule has 1 aliphatic heterocycles. The van der Waals surface area contributed by atoms with E-state index in [9.17, 15) is 4.79 Å². The lowest BCUT2D eigenvalue weighted by Gasteiger charge is -2.30. The number of para-hydroxylation sites is 2. The van der Waals surface area contributed by atoms with Gasteiger partial charge in [-0.1, -0.05) is 55.9 Å². The first-order valence-electron chi connectivity index (χ1n) is 12.0. The predicted molar refractivity (Wildman–Crippen MR) is 161 cm³/mol. The number of benzene rings is 3. The third-order valence-corrected chi connectivity index (χ3v) is 6.59. The molecule has 0 radical (unpaired) electrons. The first kappa shape index (κ1) is 27.4. The van der Waals surface area contributed by atoms with Gasteiger partial charge in [0.05, 0.1) is 22.5 Å². The van der Waals surface area contributed by atoms with Crippen LogP contribution in [0.4, 0.5) is 11.4 Å². The number of hydrogen-bond donors (Lipinski definition) is 1. The highest BCUT2D eigenvalue weighted by atomic mass is 32.1. The fraction of sp³-hybridized carbons (Fsp3) is 0.300. The molecule has 1 aliphatic rings. The van der Waals surface area contributed by atoms with E-state index in [1.807, 2.05) is 45.2 Å². The molecule has 0 fully saturated rings. The van der Waals surface area contributed by atoms with Crippen LogP contribution in [-0.4, -0.2) is 16.3 Å². The van der Waals surface area contributed by atoms with E-state index in [2.05, 4.69) is 90.8 Å². The van der Waals surface area contributed by atoms with Crippen LogP contribution in [0.5, 0.6) is 0 Å². The van der Waals surface area contributed by atoms with Crippen LogP contribution in [-0.2, 0) is 13.5 Å². The highest BCUT2D eigenvalue weighted by Crippen LogP contribution is 2.39. The van der Waals surface area contributed by atoms with Crippen LogP contribution in [0.1, 0.15) is 44.7 Å². The SMILES string of the molecule is CCCC(C)(C)C#N.CN1c2ccccc2Cc2cc3c(cc21)c(=O)c1ccccc1n3C.S=CS. The second-order valence-corrected chi connectivity index (χ2v) is 10.5. The molecule has 4 nitrogen and oxygen atoms in total. The Balaban J connectivity index is 0.000000280. The Kier molecular flexibility index (Phi) is 8.94. The topological polar surface area (TPSA) is 49.0 Å². The van der Waals surface area contributed by atoms with Crippen molar-refractivity contribution in [2.24, 2.45) is 12.5 Å². The van der Waals surface area contributed by atoms with Crippen molar-refractivity contribution >= 4 is 62.7 Å². The highest BCUT2D eigenvalue weighted by molar-refractivity contribution is 8.08. The summed E-state index contributed by atoms with van der Waals surface area (Å²) in [5.41, 5.74) is 6.90. The predicted octanol–water partition coefficient (Wildman–Crippen LogP) is 7.57. The number of aromatic nitrogens is 1. The van der Waals surface area contributed by atoms with Crippen LogP contribution in [0.25, 0.3) is 21.8 Å². The van der Waals surface area contributed by atoms with Crippen molar-refractivity contribution in [3.8, 4) is 6.07 Å². The Labute approximate surface area is 224 Å².